The molecule has 1 amide bonds. The van der Waals surface area contributed by atoms with Crippen LogP contribution >= 0.6 is 38.6 Å². The lowest BCUT2D eigenvalue weighted by molar-refractivity contribution is -0.114. The molecule has 0 radical (unpaired) electrons. The van der Waals surface area contributed by atoms with Crippen molar-refractivity contribution in [2.24, 2.45) is 5.10 Å². The highest BCUT2D eigenvalue weighted by atomic mass is 79.9. The minimum atomic E-state index is -0.328. The number of rotatable bonds is 5. The number of thiazole rings is 1. The maximum Gasteiger partial charge on any atom is 0.273 e. The van der Waals surface area contributed by atoms with Gasteiger partial charge in [-0.15, -0.1) is 11.3 Å². The van der Waals surface area contributed by atoms with Gasteiger partial charge in [-0.1, -0.05) is 45.5 Å². The molecule has 0 fully saturated rings. The van der Waals surface area contributed by atoms with Gasteiger partial charge in [0.2, 0.25) is 5.13 Å². The van der Waals surface area contributed by atoms with Crippen LogP contribution in [-0.2, 0) is 4.79 Å². The minimum absolute atomic E-state index is 0.324. The molecule has 4 rings (SSSR count). The van der Waals surface area contributed by atoms with E-state index in [0.29, 0.717) is 10.7 Å². The summed E-state index contributed by atoms with van der Waals surface area (Å²) >= 11 is 6.36. The van der Waals surface area contributed by atoms with Crippen LogP contribution in [0.5, 0.6) is 0 Å². The fraction of sp³-hybridized carbons (Fsp3) is 0. The van der Waals surface area contributed by atoms with Gasteiger partial charge in [-0.05, 0) is 53.4 Å². The van der Waals surface area contributed by atoms with E-state index in [1.165, 1.54) is 52.1 Å². The summed E-state index contributed by atoms with van der Waals surface area (Å²) in [5, 5.41) is 7.99. The van der Waals surface area contributed by atoms with E-state index in [1.54, 1.807) is 18.2 Å². The quantitative estimate of drug-likeness (QED) is 0.188. The summed E-state index contributed by atoms with van der Waals surface area (Å²) in [5.74, 6) is -0.652. The maximum atomic E-state index is 13.1. The van der Waals surface area contributed by atoms with Crippen LogP contribution in [0.3, 0.4) is 0 Å². The third kappa shape index (κ3) is 4.84. The van der Waals surface area contributed by atoms with Gasteiger partial charge in [0.15, 0.2) is 0 Å². The number of hydrazone groups is 1. The number of amides is 1. The molecule has 0 spiro atoms. The molecule has 0 saturated carbocycles. The lowest BCUT2D eigenvalue weighted by atomic mass is 10.2. The molecule has 0 unspecified atom stereocenters. The molecule has 0 N–H and O–H groups in total. The number of hydrogen-bond donors (Lipinski definition) is 0. The van der Waals surface area contributed by atoms with Crippen molar-refractivity contribution >= 4 is 72.1 Å². The fourth-order valence-electron chi connectivity index (χ4n) is 2.46. The van der Waals surface area contributed by atoms with Gasteiger partial charge in [0.25, 0.3) is 5.91 Å². The van der Waals surface area contributed by atoms with Crippen molar-refractivity contribution in [2.45, 2.75) is 0 Å². The summed E-state index contributed by atoms with van der Waals surface area (Å²) < 4.78 is 15.0. The summed E-state index contributed by atoms with van der Waals surface area (Å²) in [4.78, 5) is 18.4. The van der Waals surface area contributed by atoms with E-state index < -0.39 is 0 Å². The Morgan fingerprint density at radius 3 is 2.76 bits per heavy atom. The number of thiophene rings is 1. The van der Waals surface area contributed by atoms with Crippen LogP contribution in [0.1, 0.15) is 10.4 Å². The SMILES string of the molecule is O=C(/C=C/c1cccs1)N(/N=C/c1ccc(F)cc1)c1nc2ccc(Br)cc2s1. The summed E-state index contributed by atoms with van der Waals surface area (Å²) in [6.07, 6.45) is 4.73. The molecule has 2 aromatic carbocycles. The Labute approximate surface area is 182 Å². The van der Waals surface area contributed by atoms with Gasteiger partial charge >= 0.3 is 0 Å². The average molecular weight is 486 g/mol. The van der Waals surface area contributed by atoms with Crippen molar-refractivity contribution in [1.82, 2.24) is 4.98 Å². The lowest BCUT2D eigenvalue weighted by Gasteiger charge is -2.11. The number of benzene rings is 2. The second-order valence-electron chi connectivity index (χ2n) is 5.90. The molecule has 2 aromatic heterocycles. The third-order valence-electron chi connectivity index (χ3n) is 3.85. The summed E-state index contributed by atoms with van der Waals surface area (Å²) in [6, 6.07) is 15.5. The van der Waals surface area contributed by atoms with E-state index in [1.807, 2.05) is 35.7 Å². The van der Waals surface area contributed by atoms with Crippen LogP contribution in [0.4, 0.5) is 9.52 Å². The Kier molecular flexibility index (Phi) is 5.94. The highest BCUT2D eigenvalue weighted by molar-refractivity contribution is 9.10. The van der Waals surface area contributed by atoms with Gasteiger partial charge in [0, 0.05) is 15.4 Å². The molecule has 144 valence electrons. The number of aromatic nitrogens is 1. The van der Waals surface area contributed by atoms with Gasteiger partial charge in [-0.25, -0.2) is 9.37 Å². The van der Waals surface area contributed by atoms with Crippen molar-refractivity contribution in [1.29, 1.82) is 0 Å². The lowest BCUT2D eigenvalue weighted by Crippen LogP contribution is -2.23. The van der Waals surface area contributed by atoms with Gasteiger partial charge in [-0.3, -0.25) is 4.79 Å². The van der Waals surface area contributed by atoms with E-state index in [2.05, 4.69) is 26.0 Å². The number of carbonyl (C=O) groups excluding carboxylic acids is 1. The van der Waals surface area contributed by atoms with Crippen molar-refractivity contribution in [2.75, 3.05) is 5.01 Å². The van der Waals surface area contributed by atoms with Crippen molar-refractivity contribution in [3.05, 3.63) is 86.8 Å². The molecule has 29 heavy (non-hydrogen) atoms. The zero-order chi connectivity index (χ0) is 20.2. The van der Waals surface area contributed by atoms with Gasteiger partial charge in [0.05, 0.1) is 16.4 Å². The molecule has 0 aliphatic heterocycles. The van der Waals surface area contributed by atoms with Gasteiger partial charge < -0.3 is 0 Å². The number of halogens is 2. The number of carbonyl (C=O) groups is 1. The Bertz CT molecular complexity index is 1200. The van der Waals surface area contributed by atoms with Gasteiger partial charge in [-0.2, -0.15) is 10.1 Å². The Balaban J connectivity index is 1.68. The normalized spacial score (nSPS) is 11.7. The minimum Gasteiger partial charge on any atom is -0.267 e. The highest BCUT2D eigenvalue weighted by Gasteiger charge is 2.17. The Morgan fingerprint density at radius 1 is 1.17 bits per heavy atom. The topological polar surface area (TPSA) is 45.6 Å². The first-order valence-corrected chi connectivity index (χ1v) is 11.0. The molecular formula is C21H13BrFN3OS2. The van der Waals surface area contributed by atoms with Crippen molar-refractivity contribution in [3.63, 3.8) is 0 Å². The second kappa shape index (κ2) is 8.77. The van der Waals surface area contributed by atoms with E-state index in [9.17, 15) is 9.18 Å². The summed E-state index contributed by atoms with van der Waals surface area (Å²) in [5.41, 5.74) is 1.46. The fourth-order valence-corrected chi connectivity index (χ4v) is 4.56. The number of hydrogen-bond acceptors (Lipinski definition) is 5. The highest BCUT2D eigenvalue weighted by Crippen LogP contribution is 2.31. The molecule has 0 aliphatic rings. The molecule has 0 atom stereocenters. The molecule has 0 aliphatic carbocycles. The molecule has 0 saturated heterocycles. The molecule has 4 nitrogen and oxygen atoms in total. The summed E-state index contributed by atoms with van der Waals surface area (Å²) in [7, 11) is 0. The van der Waals surface area contributed by atoms with E-state index in [-0.39, 0.29) is 11.7 Å². The van der Waals surface area contributed by atoms with Crippen LogP contribution in [0.2, 0.25) is 0 Å². The standard InChI is InChI=1S/C21H13BrFN3OS2/c22-15-5-9-18-19(12-15)29-21(25-18)26(20(27)10-8-17-2-1-11-28-17)24-13-14-3-6-16(23)7-4-14/h1-13H/b10-8+,24-13+. The first-order chi connectivity index (χ1) is 14.1. The van der Waals surface area contributed by atoms with Crippen LogP contribution < -0.4 is 5.01 Å². The van der Waals surface area contributed by atoms with Crippen LogP contribution in [0.15, 0.2) is 75.6 Å². The summed E-state index contributed by atoms with van der Waals surface area (Å²) in [6.45, 7) is 0. The van der Waals surface area contributed by atoms with Crippen LogP contribution in [0, 0.1) is 5.82 Å². The molecule has 8 heteroatoms. The predicted octanol–water partition coefficient (Wildman–Crippen LogP) is 6.34. The first kappa shape index (κ1) is 19.6. The van der Waals surface area contributed by atoms with Crippen LogP contribution in [-0.4, -0.2) is 17.1 Å². The second-order valence-corrected chi connectivity index (χ2v) is 8.81. The molecule has 4 aromatic rings. The molecule has 0 bridgehead atoms. The van der Waals surface area contributed by atoms with Crippen LogP contribution in [0.25, 0.3) is 16.3 Å². The zero-order valence-electron chi connectivity index (χ0n) is 14.8. The average Bonchev–Trinajstić information content (AvgIpc) is 3.37. The molecule has 2 heterocycles. The predicted molar refractivity (Wildman–Crippen MR) is 122 cm³/mol. The van der Waals surface area contributed by atoms with E-state index >= 15 is 0 Å². The maximum absolute atomic E-state index is 13.1. The van der Waals surface area contributed by atoms with Crippen molar-refractivity contribution in [3.8, 4) is 0 Å². The van der Waals surface area contributed by atoms with E-state index in [0.717, 1.165) is 19.6 Å². The number of anilines is 1. The van der Waals surface area contributed by atoms with Crippen molar-refractivity contribution < 1.29 is 9.18 Å². The number of nitrogens with zero attached hydrogens (tertiary/aromatic N) is 3. The Hall–Kier alpha value is -2.68. The third-order valence-corrected chi connectivity index (χ3v) is 6.18. The largest absolute Gasteiger partial charge is 0.273 e. The first-order valence-electron chi connectivity index (χ1n) is 8.50. The molecular weight excluding hydrogens is 473 g/mol. The van der Waals surface area contributed by atoms with E-state index in [4.69, 9.17) is 0 Å². The monoisotopic (exact) mass is 485 g/mol. The smallest absolute Gasteiger partial charge is 0.267 e. The number of fused-ring (bicyclic) bond motifs is 1. The zero-order valence-corrected chi connectivity index (χ0v) is 18.0. The Morgan fingerprint density at radius 2 is 2.00 bits per heavy atom. The van der Waals surface area contributed by atoms with Gasteiger partial charge in [0.1, 0.15) is 5.82 Å².